The first-order valence-electron chi connectivity index (χ1n) is 8.89. The molecule has 0 fully saturated rings. The van der Waals surface area contributed by atoms with E-state index in [2.05, 4.69) is 18.8 Å². The van der Waals surface area contributed by atoms with Crippen molar-refractivity contribution in [1.82, 2.24) is 4.98 Å². The second-order valence-corrected chi connectivity index (χ2v) is 7.56. The maximum atomic E-state index is 12.6. The Balaban J connectivity index is 1.85. The number of aromatic nitrogens is 1. The molecule has 2 aromatic rings. The van der Waals surface area contributed by atoms with Gasteiger partial charge in [0.15, 0.2) is 0 Å². The van der Waals surface area contributed by atoms with Crippen LogP contribution in [0.5, 0.6) is 0 Å². The second kappa shape index (κ2) is 6.98. The van der Waals surface area contributed by atoms with Crippen LogP contribution in [0.4, 0.5) is 0 Å². The average Bonchev–Trinajstić information content (AvgIpc) is 2.93. The minimum atomic E-state index is -0.391. The molecule has 0 amide bonds. The van der Waals surface area contributed by atoms with E-state index in [0.29, 0.717) is 5.69 Å². The van der Waals surface area contributed by atoms with Crippen molar-refractivity contribution < 1.29 is 19.1 Å². The quantitative estimate of drug-likeness (QED) is 0.832. The number of H-pyrrole nitrogens is 1. The van der Waals surface area contributed by atoms with Crippen molar-refractivity contribution in [3.63, 3.8) is 0 Å². The van der Waals surface area contributed by atoms with E-state index in [-0.39, 0.29) is 24.0 Å². The third-order valence-electron chi connectivity index (χ3n) is 5.10. The molecule has 1 atom stereocenters. The van der Waals surface area contributed by atoms with Crippen molar-refractivity contribution in [1.29, 1.82) is 0 Å². The first kappa shape index (κ1) is 18.2. The number of hydrogen-bond acceptors (Lipinski definition) is 4. The van der Waals surface area contributed by atoms with Crippen molar-refractivity contribution in [2.75, 3.05) is 0 Å². The van der Waals surface area contributed by atoms with Crippen LogP contribution in [0.15, 0.2) is 30.3 Å². The number of carbonyl (C=O) groups excluding carboxylic acids is 2. The first-order chi connectivity index (χ1) is 12.3. The fourth-order valence-electron chi connectivity index (χ4n) is 3.56. The molecule has 0 saturated carbocycles. The predicted molar refractivity (Wildman–Crippen MR) is 97.7 cm³/mol. The first-order valence-corrected chi connectivity index (χ1v) is 8.89. The van der Waals surface area contributed by atoms with Gasteiger partial charge in [-0.15, -0.1) is 0 Å². The van der Waals surface area contributed by atoms with Gasteiger partial charge in [-0.2, -0.15) is 0 Å². The molecule has 0 spiro atoms. The van der Waals surface area contributed by atoms with Crippen LogP contribution in [-0.2, 0) is 27.3 Å². The Morgan fingerprint density at radius 1 is 1.23 bits per heavy atom. The van der Waals surface area contributed by atoms with E-state index in [1.165, 1.54) is 6.92 Å². The minimum Gasteiger partial charge on any atom is -0.456 e. The van der Waals surface area contributed by atoms with Gasteiger partial charge in [-0.25, -0.2) is 4.79 Å². The highest BCUT2D eigenvalue weighted by Crippen LogP contribution is 2.46. The third kappa shape index (κ3) is 3.52. The highest BCUT2D eigenvalue weighted by atomic mass is 16.5. The van der Waals surface area contributed by atoms with Gasteiger partial charge >= 0.3 is 11.9 Å². The highest BCUT2D eigenvalue weighted by molar-refractivity contribution is 5.90. The molecule has 1 N–H and O–H groups in total. The Morgan fingerprint density at radius 3 is 2.58 bits per heavy atom. The SMILES string of the molecule is CC(=O)OC1c2[nH]c(C(=O)OCc3ccccc3)c(C)c2CCC1(C)C. The Labute approximate surface area is 153 Å². The van der Waals surface area contributed by atoms with Crippen LogP contribution >= 0.6 is 0 Å². The maximum Gasteiger partial charge on any atom is 0.355 e. The Hall–Kier alpha value is -2.56. The molecule has 5 heteroatoms. The number of fused-ring (bicyclic) bond motifs is 1. The molecule has 1 heterocycles. The fourth-order valence-corrected chi connectivity index (χ4v) is 3.56. The molecule has 1 unspecified atom stereocenters. The van der Waals surface area contributed by atoms with Crippen LogP contribution in [0.25, 0.3) is 0 Å². The molecule has 1 aromatic heterocycles. The van der Waals surface area contributed by atoms with Crippen LogP contribution < -0.4 is 0 Å². The standard InChI is InChI=1S/C21H25NO4/c1-13-16-10-11-21(3,4)19(26-14(2)23)18(16)22-17(13)20(24)25-12-15-8-6-5-7-9-15/h5-9,19,22H,10-12H2,1-4H3. The normalized spacial score (nSPS) is 18.1. The van der Waals surface area contributed by atoms with Crippen molar-refractivity contribution in [2.24, 2.45) is 5.41 Å². The number of rotatable bonds is 4. The van der Waals surface area contributed by atoms with E-state index in [9.17, 15) is 9.59 Å². The number of carbonyl (C=O) groups is 2. The smallest absolute Gasteiger partial charge is 0.355 e. The molecular weight excluding hydrogens is 330 g/mol. The van der Waals surface area contributed by atoms with Gasteiger partial charge in [-0.05, 0) is 36.5 Å². The number of ether oxygens (including phenoxy) is 2. The highest BCUT2D eigenvalue weighted by Gasteiger charge is 2.41. The number of esters is 2. The molecule has 3 rings (SSSR count). The molecule has 138 valence electrons. The summed E-state index contributed by atoms with van der Waals surface area (Å²) in [4.78, 5) is 27.3. The van der Waals surface area contributed by atoms with Crippen LogP contribution in [-0.4, -0.2) is 16.9 Å². The summed E-state index contributed by atoms with van der Waals surface area (Å²) in [6.45, 7) is 7.70. The van der Waals surface area contributed by atoms with E-state index >= 15 is 0 Å². The summed E-state index contributed by atoms with van der Waals surface area (Å²) in [5.74, 6) is -0.712. The zero-order valence-electron chi connectivity index (χ0n) is 15.7. The fraction of sp³-hybridized carbons (Fsp3) is 0.429. The number of hydrogen-bond donors (Lipinski definition) is 1. The zero-order valence-corrected chi connectivity index (χ0v) is 15.7. The summed E-state index contributed by atoms with van der Waals surface area (Å²) < 4.78 is 11.1. The van der Waals surface area contributed by atoms with Gasteiger partial charge in [0, 0.05) is 12.3 Å². The van der Waals surface area contributed by atoms with Gasteiger partial charge in [0.25, 0.3) is 0 Å². The molecule has 0 bridgehead atoms. The average molecular weight is 355 g/mol. The second-order valence-electron chi connectivity index (χ2n) is 7.56. The van der Waals surface area contributed by atoms with Gasteiger partial charge in [-0.3, -0.25) is 4.79 Å². The lowest BCUT2D eigenvalue weighted by atomic mass is 9.74. The molecular formula is C21H25NO4. The number of benzene rings is 1. The van der Waals surface area contributed by atoms with Crippen LogP contribution in [0.2, 0.25) is 0 Å². The lowest BCUT2D eigenvalue weighted by Gasteiger charge is -2.37. The molecule has 1 aliphatic carbocycles. The summed E-state index contributed by atoms with van der Waals surface area (Å²) >= 11 is 0. The summed E-state index contributed by atoms with van der Waals surface area (Å²) in [6, 6.07) is 9.57. The van der Waals surface area contributed by atoms with E-state index in [4.69, 9.17) is 9.47 Å². The monoisotopic (exact) mass is 355 g/mol. The molecule has 0 saturated heterocycles. The molecule has 26 heavy (non-hydrogen) atoms. The van der Waals surface area contributed by atoms with Crippen molar-refractivity contribution >= 4 is 11.9 Å². The molecule has 1 aliphatic rings. The van der Waals surface area contributed by atoms with E-state index < -0.39 is 6.10 Å². The van der Waals surface area contributed by atoms with Gasteiger partial charge in [-0.1, -0.05) is 44.2 Å². The van der Waals surface area contributed by atoms with E-state index in [0.717, 1.165) is 35.2 Å². The van der Waals surface area contributed by atoms with Crippen molar-refractivity contribution in [3.05, 3.63) is 58.4 Å². The molecule has 5 nitrogen and oxygen atoms in total. The van der Waals surface area contributed by atoms with E-state index in [1.807, 2.05) is 37.3 Å². The van der Waals surface area contributed by atoms with Gasteiger partial charge < -0.3 is 14.5 Å². The Morgan fingerprint density at radius 2 is 1.92 bits per heavy atom. The van der Waals surface area contributed by atoms with Gasteiger partial charge in [0.2, 0.25) is 0 Å². The lowest BCUT2D eigenvalue weighted by molar-refractivity contribution is -0.154. The summed E-state index contributed by atoms with van der Waals surface area (Å²) in [7, 11) is 0. The van der Waals surface area contributed by atoms with Gasteiger partial charge in [0.05, 0.1) is 5.69 Å². The zero-order chi connectivity index (χ0) is 18.9. The Bertz CT molecular complexity index is 820. The number of nitrogens with one attached hydrogen (secondary N) is 1. The maximum absolute atomic E-state index is 12.6. The molecule has 0 aliphatic heterocycles. The molecule has 0 radical (unpaired) electrons. The lowest BCUT2D eigenvalue weighted by Crippen LogP contribution is -2.31. The number of aromatic amines is 1. The summed E-state index contributed by atoms with van der Waals surface area (Å²) in [5, 5.41) is 0. The van der Waals surface area contributed by atoms with Crippen LogP contribution in [0, 0.1) is 12.3 Å². The topological polar surface area (TPSA) is 68.4 Å². The predicted octanol–water partition coefficient (Wildman–Crippen LogP) is 4.26. The van der Waals surface area contributed by atoms with Crippen LogP contribution in [0.3, 0.4) is 0 Å². The van der Waals surface area contributed by atoms with E-state index in [1.54, 1.807) is 0 Å². The van der Waals surface area contributed by atoms with Crippen LogP contribution in [0.1, 0.15) is 66.2 Å². The summed E-state index contributed by atoms with van der Waals surface area (Å²) in [5.41, 5.74) is 3.95. The third-order valence-corrected chi connectivity index (χ3v) is 5.10. The van der Waals surface area contributed by atoms with Crippen molar-refractivity contribution in [2.45, 2.75) is 53.2 Å². The summed E-state index contributed by atoms with van der Waals surface area (Å²) in [6.07, 6.45) is 1.34. The molecule has 1 aromatic carbocycles. The largest absolute Gasteiger partial charge is 0.456 e. The minimum absolute atomic E-state index is 0.193. The van der Waals surface area contributed by atoms with Gasteiger partial charge in [0.1, 0.15) is 18.4 Å². The Kier molecular flexibility index (Phi) is 4.90. The van der Waals surface area contributed by atoms with Crippen molar-refractivity contribution in [3.8, 4) is 0 Å².